The Morgan fingerprint density at radius 2 is 2.15 bits per heavy atom. The van der Waals surface area contributed by atoms with Crippen molar-refractivity contribution in [3.63, 3.8) is 0 Å². The van der Waals surface area contributed by atoms with E-state index >= 15 is 0 Å². The first kappa shape index (κ1) is 18.2. The van der Waals surface area contributed by atoms with E-state index in [1.807, 2.05) is 36.4 Å². The molecule has 0 unspecified atom stereocenters. The predicted octanol–water partition coefficient (Wildman–Crippen LogP) is 2.55. The number of rotatable bonds is 7. The highest BCUT2D eigenvalue weighted by Gasteiger charge is 2.30. The third-order valence-corrected chi connectivity index (χ3v) is 4.70. The van der Waals surface area contributed by atoms with Crippen LogP contribution >= 0.6 is 0 Å². The predicted molar refractivity (Wildman–Crippen MR) is 99.2 cm³/mol. The Labute approximate surface area is 154 Å². The van der Waals surface area contributed by atoms with E-state index in [0.717, 1.165) is 42.1 Å². The minimum absolute atomic E-state index is 0.00409. The highest BCUT2D eigenvalue weighted by atomic mass is 16.5. The number of likely N-dealkylation sites (tertiary alicyclic amines) is 1. The van der Waals surface area contributed by atoms with Gasteiger partial charge in [0.15, 0.2) is 0 Å². The van der Waals surface area contributed by atoms with E-state index in [0.29, 0.717) is 13.1 Å². The average molecular weight is 355 g/mol. The van der Waals surface area contributed by atoms with Gasteiger partial charge in [0, 0.05) is 17.8 Å². The molecule has 1 atom stereocenters. The molecule has 0 bridgehead atoms. The number of ether oxygens (including phenoxy) is 2. The van der Waals surface area contributed by atoms with E-state index < -0.39 is 0 Å². The Morgan fingerprint density at radius 1 is 1.27 bits per heavy atom. The summed E-state index contributed by atoms with van der Waals surface area (Å²) in [5.41, 5.74) is 1.93. The lowest BCUT2D eigenvalue weighted by atomic mass is 10.0. The van der Waals surface area contributed by atoms with Crippen molar-refractivity contribution in [2.24, 2.45) is 0 Å². The molecule has 1 fully saturated rings. The maximum Gasteiger partial charge on any atom is 0.234 e. The summed E-state index contributed by atoms with van der Waals surface area (Å²) in [5.74, 6) is 1.63. The summed E-state index contributed by atoms with van der Waals surface area (Å²) in [5, 5.41) is 2.95. The maximum absolute atomic E-state index is 12.4. The third-order valence-electron chi connectivity index (χ3n) is 4.70. The summed E-state index contributed by atoms with van der Waals surface area (Å²) in [6, 6.07) is 11.7. The van der Waals surface area contributed by atoms with Crippen LogP contribution in [0.15, 0.2) is 42.6 Å². The fraction of sp³-hybridized carbons (Fsp3) is 0.400. The van der Waals surface area contributed by atoms with Crippen molar-refractivity contribution in [2.45, 2.75) is 25.4 Å². The van der Waals surface area contributed by atoms with E-state index in [4.69, 9.17) is 9.47 Å². The van der Waals surface area contributed by atoms with Crippen LogP contribution in [0.25, 0.3) is 0 Å². The first-order valence-electron chi connectivity index (χ1n) is 8.84. The largest absolute Gasteiger partial charge is 0.497 e. The Hall–Kier alpha value is -2.60. The number of nitrogens with zero attached hydrogens (tertiary/aromatic N) is 2. The van der Waals surface area contributed by atoms with Crippen molar-refractivity contribution in [3.8, 4) is 11.5 Å². The number of carbonyl (C=O) groups is 1. The molecule has 1 N–H and O–H groups in total. The highest BCUT2D eigenvalue weighted by molar-refractivity contribution is 5.78. The van der Waals surface area contributed by atoms with E-state index in [2.05, 4.69) is 15.2 Å². The fourth-order valence-electron chi connectivity index (χ4n) is 3.40. The van der Waals surface area contributed by atoms with Gasteiger partial charge in [-0.1, -0.05) is 6.07 Å². The van der Waals surface area contributed by atoms with Gasteiger partial charge >= 0.3 is 0 Å². The number of methoxy groups -OCH3 is 2. The van der Waals surface area contributed by atoms with Crippen LogP contribution in [0.3, 0.4) is 0 Å². The Morgan fingerprint density at radius 3 is 2.88 bits per heavy atom. The highest BCUT2D eigenvalue weighted by Crippen LogP contribution is 2.38. The average Bonchev–Trinajstić information content (AvgIpc) is 3.14. The second-order valence-electron chi connectivity index (χ2n) is 6.33. The third kappa shape index (κ3) is 4.32. The van der Waals surface area contributed by atoms with Gasteiger partial charge in [0.1, 0.15) is 11.5 Å². The molecule has 6 heteroatoms. The molecule has 1 aliphatic heterocycles. The van der Waals surface area contributed by atoms with Crippen LogP contribution in [0.4, 0.5) is 0 Å². The lowest BCUT2D eigenvalue weighted by Crippen LogP contribution is -2.36. The van der Waals surface area contributed by atoms with Gasteiger partial charge in [-0.15, -0.1) is 0 Å². The zero-order chi connectivity index (χ0) is 18.4. The number of aromatic nitrogens is 1. The molecule has 1 aromatic heterocycles. The van der Waals surface area contributed by atoms with Crippen LogP contribution in [-0.4, -0.2) is 43.1 Å². The van der Waals surface area contributed by atoms with Gasteiger partial charge in [0.05, 0.1) is 33.0 Å². The number of pyridine rings is 1. The lowest BCUT2D eigenvalue weighted by molar-refractivity contribution is -0.122. The molecular weight excluding hydrogens is 330 g/mol. The van der Waals surface area contributed by atoms with Crippen molar-refractivity contribution in [3.05, 3.63) is 53.9 Å². The molecule has 1 aliphatic rings. The molecule has 0 saturated carbocycles. The molecule has 0 aliphatic carbocycles. The summed E-state index contributed by atoms with van der Waals surface area (Å²) < 4.78 is 10.9. The van der Waals surface area contributed by atoms with Gasteiger partial charge in [-0.25, -0.2) is 0 Å². The standard InChI is InChI=1S/C20H25N3O3/c1-25-16-8-9-19(26-2)17(12-16)18-7-5-11-23(18)14-20(24)22-13-15-6-3-4-10-21-15/h3-4,6,8-10,12,18H,5,7,11,13-14H2,1-2H3,(H,22,24)/t18-/m0/s1. The fourth-order valence-corrected chi connectivity index (χ4v) is 3.40. The van der Waals surface area contributed by atoms with Gasteiger partial charge < -0.3 is 14.8 Å². The van der Waals surface area contributed by atoms with Gasteiger partial charge in [-0.2, -0.15) is 0 Å². The summed E-state index contributed by atoms with van der Waals surface area (Å²) in [4.78, 5) is 18.8. The van der Waals surface area contributed by atoms with Crippen molar-refractivity contribution < 1.29 is 14.3 Å². The van der Waals surface area contributed by atoms with Crippen LogP contribution in [0, 0.1) is 0 Å². The minimum Gasteiger partial charge on any atom is -0.497 e. The van der Waals surface area contributed by atoms with Gasteiger partial charge in [0.2, 0.25) is 5.91 Å². The van der Waals surface area contributed by atoms with E-state index in [1.165, 1.54) is 0 Å². The Bertz CT molecular complexity index is 736. The lowest BCUT2D eigenvalue weighted by Gasteiger charge is -2.26. The van der Waals surface area contributed by atoms with Crippen LogP contribution in [0.2, 0.25) is 0 Å². The summed E-state index contributed by atoms with van der Waals surface area (Å²) >= 11 is 0. The molecule has 6 nitrogen and oxygen atoms in total. The minimum atomic E-state index is 0.00409. The van der Waals surface area contributed by atoms with Crippen LogP contribution in [0.5, 0.6) is 11.5 Å². The first-order chi connectivity index (χ1) is 12.7. The van der Waals surface area contributed by atoms with Gasteiger partial charge in [-0.3, -0.25) is 14.7 Å². The number of carbonyl (C=O) groups excluding carboxylic acids is 1. The summed E-state index contributed by atoms with van der Waals surface area (Å²) in [7, 11) is 3.33. The van der Waals surface area contributed by atoms with Gasteiger partial charge in [0.25, 0.3) is 0 Å². The molecule has 26 heavy (non-hydrogen) atoms. The van der Waals surface area contributed by atoms with Crippen LogP contribution < -0.4 is 14.8 Å². The SMILES string of the molecule is COc1ccc(OC)c([C@@H]2CCCN2CC(=O)NCc2ccccn2)c1. The van der Waals surface area contributed by atoms with Crippen molar-refractivity contribution in [2.75, 3.05) is 27.3 Å². The zero-order valence-electron chi connectivity index (χ0n) is 15.3. The molecule has 0 spiro atoms. The Kier molecular flexibility index (Phi) is 6.07. The van der Waals surface area contributed by atoms with E-state index in [1.54, 1.807) is 20.4 Å². The molecular formula is C20H25N3O3. The molecule has 1 amide bonds. The van der Waals surface area contributed by atoms with Crippen LogP contribution in [0.1, 0.15) is 30.1 Å². The number of hydrogen-bond donors (Lipinski definition) is 1. The normalized spacial score (nSPS) is 17.1. The molecule has 1 aromatic carbocycles. The molecule has 2 aromatic rings. The van der Waals surface area contributed by atoms with Crippen molar-refractivity contribution in [1.29, 1.82) is 0 Å². The topological polar surface area (TPSA) is 63.7 Å². The maximum atomic E-state index is 12.4. The number of nitrogens with one attached hydrogen (secondary N) is 1. The summed E-state index contributed by atoms with van der Waals surface area (Å²) in [6.45, 7) is 1.70. The van der Waals surface area contributed by atoms with Crippen LogP contribution in [-0.2, 0) is 11.3 Å². The van der Waals surface area contributed by atoms with E-state index in [-0.39, 0.29) is 11.9 Å². The Balaban J connectivity index is 1.65. The molecule has 0 radical (unpaired) electrons. The molecule has 3 rings (SSSR count). The first-order valence-corrected chi connectivity index (χ1v) is 8.84. The van der Waals surface area contributed by atoms with Crippen molar-refractivity contribution >= 4 is 5.91 Å². The monoisotopic (exact) mass is 355 g/mol. The second kappa shape index (κ2) is 8.67. The number of benzene rings is 1. The molecule has 138 valence electrons. The molecule has 1 saturated heterocycles. The van der Waals surface area contributed by atoms with E-state index in [9.17, 15) is 4.79 Å². The van der Waals surface area contributed by atoms with Crippen molar-refractivity contribution in [1.82, 2.24) is 15.2 Å². The quantitative estimate of drug-likeness (QED) is 0.827. The second-order valence-corrected chi connectivity index (χ2v) is 6.33. The number of amides is 1. The summed E-state index contributed by atoms with van der Waals surface area (Å²) in [6.07, 6.45) is 3.78. The number of hydrogen-bond acceptors (Lipinski definition) is 5. The van der Waals surface area contributed by atoms with Gasteiger partial charge in [-0.05, 0) is 49.7 Å². The molecule has 2 heterocycles. The smallest absolute Gasteiger partial charge is 0.234 e. The zero-order valence-corrected chi connectivity index (χ0v) is 15.3.